The van der Waals surface area contributed by atoms with Gasteiger partial charge in [0.05, 0.1) is 6.10 Å². The largest absolute Gasteiger partial charge is 0.463 e. The highest BCUT2D eigenvalue weighted by Gasteiger charge is 1.98. The molecule has 1 N–H and O–H groups in total. The van der Waals surface area contributed by atoms with Crippen LogP contribution in [0.15, 0.2) is 0 Å². The van der Waals surface area contributed by atoms with E-state index in [2.05, 4.69) is 0 Å². The van der Waals surface area contributed by atoms with Crippen molar-refractivity contribution in [2.24, 2.45) is 0 Å². The van der Waals surface area contributed by atoms with Crippen molar-refractivity contribution in [1.29, 1.82) is 0 Å². The van der Waals surface area contributed by atoms with Gasteiger partial charge in [0.2, 0.25) is 0 Å². The molecule has 0 aromatic rings. The number of carbonyl (C=O) groups is 1. The molecule has 0 heterocycles. The first-order valence-corrected chi connectivity index (χ1v) is 4.38. The van der Waals surface area contributed by atoms with Crippen LogP contribution in [-0.2, 0) is 9.53 Å². The van der Waals surface area contributed by atoms with Crippen molar-refractivity contribution in [1.82, 2.24) is 0 Å². The molecule has 12 heavy (non-hydrogen) atoms. The van der Waals surface area contributed by atoms with Crippen LogP contribution in [0.1, 0.15) is 40.5 Å². The number of hydrogen-bond donors (Lipinski definition) is 1. The molecule has 0 spiro atoms. The molecule has 0 aliphatic carbocycles. The molecule has 0 saturated carbocycles. The summed E-state index contributed by atoms with van der Waals surface area (Å²) in [7, 11) is 0. The molecule has 3 heteroatoms. The molecule has 0 saturated heterocycles. The van der Waals surface area contributed by atoms with Crippen molar-refractivity contribution in [3.63, 3.8) is 0 Å². The maximum absolute atomic E-state index is 10.4. The Kier molecular flexibility index (Phi) is 12.2. The molecule has 0 bridgehead atoms. The van der Waals surface area contributed by atoms with Gasteiger partial charge in [0.25, 0.3) is 0 Å². The Hall–Kier alpha value is -0.570. The highest BCUT2D eigenvalue weighted by atomic mass is 16.5. The number of carbonyl (C=O) groups excluding carboxylic acids is 1. The van der Waals surface area contributed by atoms with Crippen LogP contribution in [-0.4, -0.2) is 23.8 Å². The van der Waals surface area contributed by atoms with E-state index in [9.17, 15) is 4.79 Å². The fourth-order valence-electron chi connectivity index (χ4n) is 0.346. The minimum absolute atomic E-state index is 0.0300. The summed E-state index contributed by atoms with van der Waals surface area (Å²) in [5, 5.41) is 7.88. The topological polar surface area (TPSA) is 46.5 Å². The standard InChI is InChI=1S/C6H12O2.C3H8O/c1-4-6(7)8-5(2)3;1-2-3-4/h5H,4H2,1-3H3;4H,2-3H2,1H3. The van der Waals surface area contributed by atoms with Crippen LogP contribution in [0.5, 0.6) is 0 Å². The molecule has 0 fully saturated rings. The average Bonchev–Trinajstić information content (AvgIpc) is 2.04. The summed E-state index contributed by atoms with van der Waals surface area (Å²) >= 11 is 0. The number of aliphatic hydroxyl groups is 1. The lowest BCUT2D eigenvalue weighted by Crippen LogP contribution is -2.09. The van der Waals surface area contributed by atoms with E-state index >= 15 is 0 Å². The van der Waals surface area contributed by atoms with E-state index in [0.29, 0.717) is 13.0 Å². The van der Waals surface area contributed by atoms with Gasteiger partial charge in [-0.1, -0.05) is 13.8 Å². The zero-order valence-corrected chi connectivity index (χ0v) is 8.46. The summed E-state index contributed by atoms with van der Waals surface area (Å²) in [6.45, 7) is 7.71. The van der Waals surface area contributed by atoms with Crippen LogP contribution < -0.4 is 0 Å². The summed E-state index contributed by atoms with van der Waals surface area (Å²) in [5.41, 5.74) is 0. The van der Waals surface area contributed by atoms with E-state index < -0.39 is 0 Å². The lowest BCUT2D eigenvalue weighted by atomic mass is 10.4. The fraction of sp³-hybridized carbons (Fsp3) is 0.889. The first-order chi connectivity index (χ1) is 5.58. The third-order valence-electron chi connectivity index (χ3n) is 0.879. The molecule has 0 amide bonds. The van der Waals surface area contributed by atoms with Crippen molar-refractivity contribution in [3.8, 4) is 0 Å². The van der Waals surface area contributed by atoms with E-state index in [-0.39, 0.29) is 12.1 Å². The van der Waals surface area contributed by atoms with Gasteiger partial charge in [0.15, 0.2) is 0 Å². The van der Waals surface area contributed by atoms with Gasteiger partial charge in [0, 0.05) is 13.0 Å². The third-order valence-corrected chi connectivity index (χ3v) is 0.879. The minimum Gasteiger partial charge on any atom is -0.463 e. The van der Waals surface area contributed by atoms with Gasteiger partial charge in [-0.15, -0.1) is 0 Å². The first kappa shape index (κ1) is 14.0. The molecule has 0 radical (unpaired) electrons. The summed E-state index contributed by atoms with van der Waals surface area (Å²) < 4.78 is 4.76. The molecule has 0 aliphatic rings. The van der Waals surface area contributed by atoms with Gasteiger partial charge in [-0.05, 0) is 20.3 Å². The minimum atomic E-state index is -0.125. The number of rotatable bonds is 3. The van der Waals surface area contributed by atoms with Gasteiger partial charge in [-0.3, -0.25) is 4.79 Å². The Labute approximate surface area is 74.7 Å². The predicted octanol–water partition coefficient (Wildman–Crippen LogP) is 1.74. The lowest BCUT2D eigenvalue weighted by molar-refractivity contribution is -0.146. The second-order valence-electron chi connectivity index (χ2n) is 2.62. The summed E-state index contributed by atoms with van der Waals surface area (Å²) in [6, 6.07) is 0. The highest BCUT2D eigenvalue weighted by Crippen LogP contribution is 1.90. The molecular formula is C9H20O3. The average molecular weight is 176 g/mol. The molecular weight excluding hydrogens is 156 g/mol. The Morgan fingerprint density at radius 3 is 1.92 bits per heavy atom. The molecule has 0 aliphatic heterocycles. The van der Waals surface area contributed by atoms with Gasteiger partial charge < -0.3 is 9.84 Å². The van der Waals surface area contributed by atoms with E-state index in [1.807, 2.05) is 20.8 Å². The van der Waals surface area contributed by atoms with E-state index in [4.69, 9.17) is 9.84 Å². The summed E-state index contributed by atoms with van der Waals surface area (Å²) in [6.07, 6.45) is 1.38. The molecule has 3 nitrogen and oxygen atoms in total. The number of ether oxygens (including phenoxy) is 1. The summed E-state index contributed by atoms with van der Waals surface area (Å²) in [5.74, 6) is -0.125. The SMILES string of the molecule is CCC(=O)OC(C)C.CCCO. The fourth-order valence-corrected chi connectivity index (χ4v) is 0.346. The first-order valence-electron chi connectivity index (χ1n) is 4.38. The van der Waals surface area contributed by atoms with Gasteiger partial charge in [0.1, 0.15) is 0 Å². The third kappa shape index (κ3) is 16.2. The zero-order valence-electron chi connectivity index (χ0n) is 8.46. The smallest absolute Gasteiger partial charge is 0.305 e. The van der Waals surface area contributed by atoms with Crippen LogP contribution in [0.2, 0.25) is 0 Å². The molecule has 0 unspecified atom stereocenters. The van der Waals surface area contributed by atoms with Crippen molar-refractivity contribution in [3.05, 3.63) is 0 Å². The number of esters is 1. The van der Waals surface area contributed by atoms with Crippen molar-refractivity contribution >= 4 is 5.97 Å². The normalized spacial score (nSPS) is 8.83. The Morgan fingerprint density at radius 1 is 1.42 bits per heavy atom. The van der Waals surface area contributed by atoms with Crippen LogP contribution in [0.25, 0.3) is 0 Å². The highest BCUT2D eigenvalue weighted by molar-refractivity contribution is 5.68. The quantitative estimate of drug-likeness (QED) is 0.666. The molecule has 0 aromatic carbocycles. The van der Waals surface area contributed by atoms with Crippen LogP contribution in [0, 0.1) is 0 Å². The molecule has 74 valence electrons. The van der Waals surface area contributed by atoms with Crippen molar-refractivity contribution in [2.75, 3.05) is 6.61 Å². The monoisotopic (exact) mass is 176 g/mol. The zero-order chi connectivity index (χ0) is 9.98. The number of aliphatic hydroxyl groups excluding tert-OH is 1. The van der Waals surface area contributed by atoms with E-state index in [1.165, 1.54) is 0 Å². The number of hydrogen-bond acceptors (Lipinski definition) is 3. The Bertz CT molecular complexity index is 97.9. The Morgan fingerprint density at radius 2 is 1.83 bits per heavy atom. The molecule has 0 atom stereocenters. The van der Waals surface area contributed by atoms with Crippen molar-refractivity contribution < 1.29 is 14.6 Å². The molecule has 0 rings (SSSR count). The maximum Gasteiger partial charge on any atom is 0.305 e. The maximum atomic E-state index is 10.4. The van der Waals surface area contributed by atoms with Crippen LogP contribution in [0.4, 0.5) is 0 Å². The van der Waals surface area contributed by atoms with Gasteiger partial charge in [-0.25, -0.2) is 0 Å². The second kappa shape index (κ2) is 10.4. The van der Waals surface area contributed by atoms with Gasteiger partial charge >= 0.3 is 5.97 Å². The summed E-state index contributed by atoms with van der Waals surface area (Å²) in [4.78, 5) is 10.4. The lowest BCUT2D eigenvalue weighted by Gasteiger charge is -2.04. The Balaban J connectivity index is 0. The van der Waals surface area contributed by atoms with Crippen LogP contribution >= 0.6 is 0 Å². The van der Waals surface area contributed by atoms with Crippen LogP contribution in [0.3, 0.4) is 0 Å². The molecule has 0 aromatic heterocycles. The second-order valence-corrected chi connectivity index (χ2v) is 2.62. The van der Waals surface area contributed by atoms with Gasteiger partial charge in [-0.2, -0.15) is 0 Å². The van der Waals surface area contributed by atoms with E-state index in [1.54, 1.807) is 6.92 Å². The van der Waals surface area contributed by atoms with E-state index in [0.717, 1.165) is 6.42 Å². The van der Waals surface area contributed by atoms with Crippen molar-refractivity contribution in [2.45, 2.75) is 46.6 Å². The predicted molar refractivity (Wildman–Crippen MR) is 48.9 cm³/mol.